The summed E-state index contributed by atoms with van der Waals surface area (Å²) in [5.41, 5.74) is 0.429. The molecule has 2 aromatic heterocycles. The van der Waals surface area contributed by atoms with Gasteiger partial charge in [0.25, 0.3) is 15.9 Å². The SMILES string of the molecule is Cc1ncoc1C(=O)N1CCN(S(=O)(=O)c2cc(C(=O)O)cs2)CC1. The molecule has 25 heavy (non-hydrogen) atoms. The summed E-state index contributed by atoms with van der Waals surface area (Å²) in [6, 6.07) is 1.15. The predicted molar refractivity (Wildman–Crippen MR) is 87.2 cm³/mol. The number of aromatic carboxylic acids is 1. The number of oxazole rings is 1. The largest absolute Gasteiger partial charge is 0.478 e. The van der Waals surface area contributed by atoms with Crippen LogP contribution in [0.1, 0.15) is 26.6 Å². The molecular weight excluding hydrogens is 370 g/mol. The van der Waals surface area contributed by atoms with E-state index in [9.17, 15) is 18.0 Å². The summed E-state index contributed by atoms with van der Waals surface area (Å²) in [6.07, 6.45) is 1.19. The highest BCUT2D eigenvalue weighted by Crippen LogP contribution is 2.25. The number of sulfonamides is 1. The van der Waals surface area contributed by atoms with Crippen molar-refractivity contribution in [2.24, 2.45) is 0 Å². The van der Waals surface area contributed by atoms with Crippen LogP contribution in [0.4, 0.5) is 0 Å². The predicted octanol–water partition coefficient (Wildman–Crippen LogP) is 0.889. The molecule has 0 unspecified atom stereocenters. The lowest BCUT2D eigenvalue weighted by Crippen LogP contribution is -2.50. The van der Waals surface area contributed by atoms with Crippen molar-refractivity contribution in [2.75, 3.05) is 26.2 Å². The molecule has 0 saturated carbocycles. The van der Waals surface area contributed by atoms with Crippen LogP contribution in [-0.2, 0) is 10.0 Å². The van der Waals surface area contributed by atoms with E-state index in [2.05, 4.69) is 4.98 Å². The third-order valence-corrected chi connectivity index (χ3v) is 7.20. The summed E-state index contributed by atoms with van der Waals surface area (Å²) < 4.78 is 31.5. The number of amides is 1. The molecular formula is C14H15N3O6S2. The average molecular weight is 385 g/mol. The monoisotopic (exact) mass is 385 g/mol. The van der Waals surface area contributed by atoms with E-state index in [1.54, 1.807) is 6.92 Å². The number of piperazine rings is 1. The van der Waals surface area contributed by atoms with Gasteiger partial charge in [-0.1, -0.05) is 0 Å². The van der Waals surface area contributed by atoms with Crippen LogP contribution in [0, 0.1) is 6.92 Å². The number of rotatable bonds is 4. The fourth-order valence-corrected chi connectivity index (χ4v) is 5.20. The lowest BCUT2D eigenvalue weighted by Gasteiger charge is -2.33. The molecule has 2 aromatic rings. The molecule has 1 saturated heterocycles. The number of carbonyl (C=O) groups is 2. The maximum Gasteiger partial charge on any atom is 0.336 e. The van der Waals surface area contributed by atoms with Crippen molar-refractivity contribution in [3.63, 3.8) is 0 Å². The van der Waals surface area contributed by atoms with Gasteiger partial charge in [-0.3, -0.25) is 4.79 Å². The molecule has 0 atom stereocenters. The molecule has 9 nitrogen and oxygen atoms in total. The van der Waals surface area contributed by atoms with Gasteiger partial charge in [0.1, 0.15) is 4.21 Å². The normalized spacial score (nSPS) is 16.1. The number of carbonyl (C=O) groups excluding carboxylic acids is 1. The molecule has 11 heteroatoms. The minimum Gasteiger partial charge on any atom is -0.478 e. The van der Waals surface area contributed by atoms with E-state index in [1.807, 2.05) is 0 Å². The molecule has 1 aliphatic rings. The average Bonchev–Trinajstić information content (AvgIpc) is 3.23. The molecule has 1 fully saturated rings. The fraction of sp³-hybridized carbons (Fsp3) is 0.357. The summed E-state index contributed by atoms with van der Waals surface area (Å²) >= 11 is 0.871. The van der Waals surface area contributed by atoms with Crippen LogP contribution in [-0.4, -0.2) is 65.8 Å². The van der Waals surface area contributed by atoms with Crippen molar-refractivity contribution in [1.82, 2.24) is 14.2 Å². The van der Waals surface area contributed by atoms with Crippen LogP contribution in [0.15, 0.2) is 26.5 Å². The number of aryl methyl sites for hydroxylation is 1. The molecule has 1 aliphatic heterocycles. The highest BCUT2D eigenvalue weighted by molar-refractivity contribution is 7.91. The Morgan fingerprint density at radius 2 is 1.96 bits per heavy atom. The second kappa shape index (κ2) is 6.58. The summed E-state index contributed by atoms with van der Waals surface area (Å²) in [7, 11) is -3.77. The first kappa shape index (κ1) is 17.6. The van der Waals surface area contributed by atoms with E-state index in [-0.39, 0.29) is 47.6 Å². The van der Waals surface area contributed by atoms with Crippen LogP contribution < -0.4 is 0 Å². The van der Waals surface area contributed by atoms with Gasteiger partial charge in [-0.05, 0) is 13.0 Å². The van der Waals surface area contributed by atoms with Crippen molar-refractivity contribution in [2.45, 2.75) is 11.1 Å². The van der Waals surface area contributed by atoms with Gasteiger partial charge in [-0.2, -0.15) is 4.31 Å². The maximum atomic E-state index is 12.6. The standard InChI is InChI=1S/C14H15N3O6S2/c1-9-12(23-8-15-9)13(18)16-2-4-17(5-3-16)25(21,22)11-6-10(7-24-11)14(19)20/h6-8H,2-5H2,1H3,(H,19,20). The molecule has 0 radical (unpaired) electrons. The molecule has 3 heterocycles. The number of carboxylic acid groups (broad SMARTS) is 1. The van der Waals surface area contributed by atoms with Gasteiger partial charge in [0.15, 0.2) is 6.39 Å². The van der Waals surface area contributed by atoms with Gasteiger partial charge in [-0.15, -0.1) is 11.3 Å². The van der Waals surface area contributed by atoms with Crippen molar-refractivity contribution in [1.29, 1.82) is 0 Å². The molecule has 1 amide bonds. The van der Waals surface area contributed by atoms with Crippen LogP contribution in [0.25, 0.3) is 0 Å². The van der Waals surface area contributed by atoms with Crippen molar-refractivity contribution in [3.05, 3.63) is 34.9 Å². The van der Waals surface area contributed by atoms with Gasteiger partial charge < -0.3 is 14.4 Å². The Bertz CT molecular complexity index is 909. The summed E-state index contributed by atoms with van der Waals surface area (Å²) in [6.45, 7) is 2.35. The van der Waals surface area contributed by atoms with Gasteiger partial charge in [0.05, 0.1) is 11.3 Å². The Labute approximate surface area is 147 Å². The Balaban J connectivity index is 1.70. The smallest absolute Gasteiger partial charge is 0.336 e. The van der Waals surface area contributed by atoms with E-state index >= 15 is 0 Å². The molecule has 0 bridgehead atoms. The molecule has 1 N–H and O–H groups in total. The van der Waals surface area contributed by atoms with E-state index in [0.29, 0.717) is 5.69 Å². The summed E-state index contributed by atoms with van der Waals surface area (Å²) in [5, 5.41) is 10.2. The molecule has 0 spiro atoms. The van der Waals surface area contributed by atoms with E-state index < -0.39 is 16.0 Å². The van der Waals surface area contributed by atoms with Crippen LogP contribution in [0.3, 0.4) is 0 Å². The number of hydrogen-bond acceptors (Lipinski definition) is 7. The topological polar surface area (TPSA) is 121 Å². The minimum atomic E-state index is -3.77. The first-order valence-electron chi connectivity index (χ1n) is 7.32. The van der Waals surface area contributed by atoms with Gasteiger partial charge in [0, 0.05) is 31.6 Å². The third kappa shape index (κ3) is 3.30. The van der Waals surface area contributed by atoms with Crippen molar-refractivity contribution >= 4 is 33.2 Å². The number of nitrogens with zero attached hydrogens (tertiary/aromatic N) is 3. The molecule has 0 aliphatic carbocycles. The number of hydrogen-bond donors (Lipinski definition) is 1. The number of thiophene rings is 1. The second-order valence-corrected chi connectivity index (χ2v) is 8.50. The zero-order valence-electron chi connectivity index (χ0n) is 13.2. The Kier molecular flexibility index (Phi) is 4.62. The fourth-order valence-electron chi connectivity index (χ4n) is 2.47. The Morgan fingerprint density at radius 1 is 1.28 bits per heavy atom. The van der Waals surface area contributed by atoms with Crippen LogP contribution in [0.5, 0.6) is 0 Å². The van der Waals surface area contributed by atoms with Crippen molar-refractivity contribution in [3.8, 4) is 0 Å². The quantitative estimate of drug-likeness (QED) is 0.829. The van der Waals surface area contributed by atoms with E-state index in [0.717, 1.165) is 17.4 Å². The van der Waals surface area contributed by atoms with Crippen LogP contribution in [0.2, 0.25) is 0 Å². The number of carboxylic acids is 1. The van der Waals surface area contributed by atoms with Crippen molar-refractivity contribution < 1.29 is 27.5 Å². The molecule has 3 rings (SSSR count). The van der Waals surface area contributed by atoms with Gasteiger partial charge in [0.2, 0.25) is 5.76 Å². The van der Waals surface area contributed by atoms with Gasteiger partial charge >= 0.3 is 5.97 Å². The highest BCUT2D eigenvalue weighted by Gasteiger charge is 2.33. The summed E-state index contributed by atoms with van der Waals surface area (Å²) in [4.78, 5) is 28.6. The second-order valence-electron chi connectivity index (χ2n) is 5.42. The highest BCUT2D eigenvalue weighted by atomic mass is 32.2. The van der Waals surface area contributed by atoms with E-state index in [4.69, 9.17) is 9.52 Å². The Hall–Kier alpha value is -2.24. The van der Waals surface area contributed by atoms with Crippen LogP contribution >= 0.6 is 11.3 Å². The first-order valence-corrected chi connectivity index (χ1v) is 9.64. The third-order valence-electron chi connectivity index (χ3n) is 3.88. The first-order chi connectivity index (χ1) is 11.8. The summed E-state index contributed by atoms with van der Waals surface area (Å²) in [5.74, 6) is -1.34. The maximum absolute atomic E-state index is 12.6. The zero-order valence-corrected chi connectivity index (χ0v) is 14.8. The minimum absolute atomic E-state index is 0.0178. The molecule has 134 valence electrons. The lowest BCUT2D eigenvalue weighted by atomic mass is 10.3. The Morgan fingerprint density at radius 3 is 2.48 bits per heavy atom. The van der Waals surface area contributed by atoms with E-state index in [1.165, 1.54) is 21.0 Å². The molecule has 0 aromatic carbocycles. The lowest BCUT2D eigenvalue weighted by molar-refractivity contribution is 0.0663. The zero-order chi connectivity index (χ0) is 18.2. The van der Waals surface area contributed by atoms with Gasteiger partial charge in [-0.25, -0.2) is 18.2 Å². The number of aromatic nitrogens is 1.